The van der Waals surface area contributed by atoms with E-state index in [1.165, 1.54) is 5.56 Å². The molecule has 5 rings (SSSR count). The van der Waals surface area contributed by atoms with Gasteiger partial charge in [0, 0.05) is 22.3 Å². The fraction of sp³-hybridized carbons (Fsp3) is 0.240. The second-order valence-corrected chi connectivity index (χ2v) is 9.16. The number of fused-ring (bicyclic) bond motifs is 2. The zero-order valence-electron chi connectivity index (χ0n) is 16.3. The fourth-order valence-corrected chi connectivity index (χ4v) is 5.17. The molecule has 1 atom stereocenters. The standard InChI is InChI=1S/C25H21Cl2NO2/c26-18-7-8-21(27)19(13-18)23-14-25(10-11-25)20-12-17(24(29)30)6-9-22(20)28(23)15-16-4-2-1-3-5-16/h1-9,12-13,23H,10-11,14-15H2,(H,29,30). The summed E-state index contributed by atoms with van der Waals surface area (Å²) in [5, 5.41) is 10.9. The zero-order valence-corrected chi connectivity index (χ0v) is 17.8. The summed E-state index contributed by atoms with van der Waals surface area (Å²) in [7, 11) is 0. The Hall–Kier alpha value is -2.49. The molecule has 30 heavy (non-hydrogen) atoms. The van der Waals surface area contributed by atoms with E-state index in [4.69, 9.17) is 23.2 Å². The lowest BCUT2D eigenvalue weighted by atomic mass is 9.79. The zero-order chi connectivity index (χ0) is 20.9. The molecule has 1 N–H and O–H groups in total. The van der Waals surface area contributed by atoms with Crippen LogP contribution in [0, 0.1) is 0 Å². The first kappa shape index (κ1) is 19.5. The molecule has 0 bridgehead atoms. The predicted octanol–water partition coefficient (Wildman–Crippen LogP) is 6.87. The smallest absolute Gasteiger partial charge is 0.335 e. The number of benzene rings is 3. The van der Waals surface area contributed by atoms with Gasteiger partial charge in [0.2, 0.25) is 0 Å². The number of nitrogens with zero attached hydrogens (tertiary/aromatic N) is 1. The average Bonchev–Trinajstić information content (AvgIpc) is 3.52. The molecule has 1 aliphatic heterocycles. The SMILES string of the molecule is O=C(O)c1ccc2c(c1)C1(CC1)CC(c1cc(Cl)ccc1Cl)N2Cc1ccccc1. The maximum absolute atomic E-state index is 11.6. The van der Waals surface area contributed by atoms with Crippen LogP contribution in [0.25, 0.3) is 0 Å². The fourth-order valence-electron chi connectivity index (χ4n) is 4.75. The Kier molecular flexibility index (Phi) is 4.76. The summed E-state index contributed by atoms with van der Waals surface area (Å²) in [5.74, 6) is -0.886. The third kappa shape index (κ3) is 3.36. The maximum atomic E-state index is 11.6. The molecule has 1 unspecified atom stereocenters. The molecule has 0 saturated heterocycles. The van der Waals surface area contributed by atoms with Crippen molar-refractivity contribution in [3.63, 3.8) is 0 Å². The Morgan fingerprint density at radius 3 is 2.50 bits per heavy atom. The van der Waals surface area contributed by atoms with Gasteiger partial charge in [-0.15, -0.1) is 0 Å². The van der Waals surface area contributed by atoms with E-state index in [0.717, 1.165) is 36.1 Å². The first-order valence-electron chi connectivity index (χ1n) is 10.1. The van der Waals surface area contributed by atoms with Gasteiger partial charge in [0.15, 0.2) is 0 Å². The van der Waals surface area contributed by atoms with E-state index in [-0.39, 0.29) is 11.5 Å². The summed E-state index contributed by atoms with van der Waals surface area (Å²) in [5.41, 5.74) is 4.82. The van der Waals surface area contributed by atoms with Gasteiger partial charge in [0.1, 0.15) is 0 Å². The van der Waals surface area contributed by atoms with Crippen molar-refractivity contribution < 1.29 is 9.90 Å². The van der Waals surface area contributed by atoms with Crippen molar-refractivity contribution in [3.8, 4) is 0 Å². The average molecular weight is 438 g/mol. The van der Waals surface area contributed by atoms with Gasteiger partial charge in [-0.2, -0.15) is 0 Å². The van der Waals surface area contributed by atoms with Crippen LogP contribution in [0.3, 0.4) is 0 Å². The maximum Gasteiger partial charge on any atom is 0.335 e. The molecule has 3 aromatic carbocycles. The van der Waals surface area contributed by atoms with Gasteiger partial charge in [0.25, 0.3) is 0 Å². The normalized spacial score (nSPS) is 18.9. The number of carboxylic acid groups (broad SMARTS) is 1. The van der Waals surface area contributed by atoms with E-state index in [0.29, 0.717) is 22.2 Å². The summed E-state index contributed by atoms with van der Waals surface area (Å²) in [6.45, 7) is 0.712. The molecule has 1 heterocycles. The molecule has 1 fully saturated rings. The third-order valence-corrected chi connectivity index (χ3v) is 7.03. The van der Waals surface area contributed by atoms with Crippen molar-refractivity contribution in [1.82, 2.24) is 0 Å². The summed E-state index contributed by atoms with van der Waals surface area (Å²) in [4.78, 5) is 14.0. The molecule has 0 aromatic heterocycles. The molecule has 0 radical (unpaired) electrons. The molecule has 2 aliphatic rings. The number of rotatable bonds is 4. The Balaban J connectivity index is 1.67. The van der Waals surface area contributed by atoms with Crippen LogP contribution in [0.15, 0.2) is 66.7 Å². The molecular formula is C25H21Cl2NO2. The second kappa shape index (κ2) is 7.33. The van der Waals surface area contributed by atoms with Crippen molar-refractivity contribution in [1.29, 1.82) is 0 Å². The number of hydrogen-bond acceptors (Lipinski definition) is 2. The molecular weight excluding hydrogens is 417 g/mol. The highest BCUT2D eigenvalue weighted by atomic mass is 35.5. The second-order valence-electron chi connectivity index (χ2n) is 8.32. The van der Waals surface area contributed by atoms with Crippen LogP contribution >= 0.6 is 23.2 Å². The molecule has 152 valence electrons. The van der Waals surface area contributed by atoms with Gasteiger partial charge < -0.3 is 10.0 Å². The van der Waals surface area contributed by atoms with Gasteiger partial charge in [0.05, 0.1) is 11.6 Å². The number of carboxylic acids is 1. The lowest BCUT2D eigenvalue weighted by Crippen LogP contribution is -2.37. The molecule has 3 nitrogen and oxygen atoms in total. The predicted molar refractivity (Wildman–Crippen MR) is 121 cm³/mol. The van der Waals surface area contributed by atoms with Gasteiger partial charge >= 0.3 is 5.97 Å². The first-order chi connectivity index (χ1) is 14.5. The number of anilines is 1. The van der Waals surface area contributed by atoms with Crippen LogP contribution in [0.5, 0.6) is 0 Å². The Morgan fingerprint density at radius 2 is 1.80 bits per heavy atom. The van der Waals surface area contributed by atoms with Crippen molar-refractivity contribution >= 4 is 34.9 Å². The van der Waals surface area contributed by atoms with Gasteiger partial charge in [-0.25, -0.2) is 4.79 Å². The van der Waals surface area contributed by atoms with Crippen LogP contribution in [-0.2, 0) is 12.0 Å². The summed E-state index contributed by atoms with van der Waals surface area (Å²) < 4.78 is 0. The van der Waals surface area contributed by atoms with Crippen LogP contribution in [0.2, 0.25) is 10.0 Å². The van der Waals surface area contributed by atoms with Gasteiger partial charge in [-0.05, 0) is 77.8 Å². The molecule has 5 heteroatoms. The molecule has 0 amide bonds. The van der Waals surface area contributed by atoms with Gasteiger partial charge in [-0.1, -0.05) is 53.5 Å². The van der Waals surface area contributed by atoms with Crippen LogP contribution in [-0.4, -0.2) is 11.1 Å². The quantitative estimate of drug-likeness (QED) is 0.483. The van der Waals surface area contributed by atoms with E-state index in [1.807, 2.05) is 48.5 Å². The van der Waals surface area contributed by atoms with E-state index < -0.39 is 5.97 Å². The Morgan fingerprint density at radius 1 is 1.03 bits per heavy atom. The largest absolute Gasteiger partial charge is 0.478 e. The number of carbonyl (C=O) groups is 1. The van der Waals surface area contributed by atoms with Crippen LogP contribution in [0.1, 0.15) is 52.4 Å². The van der Waals surface area contributed by atoms with Crippen molar-refractivity contribution in [2.75, 3.05) is 4.90 Å². The summed E-state index contributed by atoms with van der Waals surface area (Å²) in [6, 6.07) is 21.6. The van der Waals surface area contributed by atoms with E-state index in [1.54, 1.807) is 6.07 Å². The van der Waals surface area contributed by atoms with E-state index in [9.17, 15) is 9.90 Å². The highest BCUT2D eigenvalue weighted by molar-refractivity contribution is 6.33. The topological polar surface area (TPSA) is 40.5 Å². The lowest BCUT2D eigenvalue weighted by Gasteiger charge is -2.43. The van der Waals surface area contributed by atoms with E-state index in [2.05, 4.69) is 17.0 Å². The third-order valence-electron chi connectivity index (χ3n) is 6.45. The monoisotopic (exact) mass is 437 g/mol. The summed E-state index contributed by atoms with van der Waals surface area (Å²) in [6.07, 6.45) is 3.03. The Bertz CT molecular complexity index is 1130. The highest BCUT2D eigenvalue weighted by Gasteiger charge is 2.52. The van der Waals surface area contributed by atoms with Gasteiger partial charge in [-0.3, -0.25) is 0 Å². The minimum Gasteiger partial charge on any atom is -0.478 e. The minimum absolute atomic E-state index is 0.0181. The minimum atomic E-state index is -0.886. The van der Waals surface area contributed by atoms with Crippen molar-refractivity contribution in [3.05, 3.63) is 99.0 Å². The number of hydrogen-bond donors (Lipinski definition) is 1. The molecule has 1 aliphatic carbocycles. The van der Waals surface area contributed by atoms with Crippen LogP contribution in [0.4, 0.5) is 5.69 Å². The van der Waals surface area contributed by atoms with Crippen LogP contribution < -0.4 is 4.90 Å². The molecule has 3 aromatic rings. The Labute approximate surface area is 185 Å². The number of halogens is 2. The lowest BCUT2D eigenvalue weighted by molar-refractivity contribution is 0.0696. The van der Waals surface area contributed by atoms with Crippen molar-refractivity contribution in [2.45, 2.75) is 37.3 Å². The van der Waals surface area contributed by atoms with E-state index >= 15 is 0 Å². The molecule has 1 spiro atoms. The molecule has 1 saturated carbocycles. The first-order valence-corrected chi connectivity index (χ1v) is 10.9. The summed E-state index contributed by atoms with van der Waals surface area (Å²) >= 11 is 13.0. The number of aromatic carboxylic acids is 1. The highest BCUT2D eigenvalue weighted by Crippen LogP contribution is 2.61. The van der Waals surface area contributed by atoms with Crippen molar-refractivity contribution in [2.24, 2.45) is 0 Å².